The Labute approximate surface area is 134 Å². The minimum atomic E-state index is -1.95. The van der Waals surface area contributed by atoms with E-state index in [-0.39, 0.29) is 18.8 Å². The maximum atomic E-state index is 12.2. The Balaban J connectivity index is 2.20. The van der Waals surface area contributed by atoms with Crippen molar-refractivity contribution >= 4 is 11.8 Å². The van der Waals surface area contributed by atoms with E-state index in [1.165, 1.54) is 38.5 Å². The first-order valence-electron chi connectivity index (χ1n) is 8.79. The minimum absolute atomic E-state index is 0.103. The summed E-state index contributed by atoms with van der Waals surface area (Å²) in [6.07, 6.45) is 10.8. The molecule has 1 fully saturated rings. The predicted octanol–water partition coefficient (Wildman–Crippen LogP) is 3.79. The van der Waals surface area contributed by atoms with E-state index in [4.69, 9.17) is 4.74 Å². The molecule has 1 unspecified atom stereocenters. The molecule has 0 aliphatic carbocycles. The summed E-state index contributed by atoms with van der Waals surface area (Å²) in [6, 6.07) is 0. The number of hydrogen-bond acceptors (Lipinski definition) is 4. The largest absolute Gasteiger partial charge is 0.462 e. The smallest absolute Gasteiger partial charge is 0.346 e. The first-order chi connectivity index (χ1) is 10.4. The van der Waals surface area contributed by atoms with Gasteiger partial charge in [-0.05, 0) is 6.42 Å². The molecular formula is C18H32O4. The van der Waals surface area contributed by atoms with Crippen LogP contribution >= 0.6 is 0 Å². The molecule has 22 heavy (non-hydrogen) atoms. The summed E-state index contributed by atoms with van der Waals surface area (Å²) in [5, 5.41) is 10.5. The van der Waals surface area contributed by atoms with Gasteiger partial charge in [-0.2, -0.15) is 0 Å². The van der Waals surface area contributed by atoms with Gasteiger partial charge in [0.15, 0.2) is 5.78 Å². The molecule has 1 atom stereocenters. The molecule has 1 aliphatic heterocycles. The second-order valence-electron chi connectivity index (χ2n) is 7.17. The van der Waals surface area contributed by atoms with Gasteiger partial charge in [0.1, 0.15) is 6.61 Å². The molecule has 1 N–H and O–H groups in total. The third-order valence-corrected chi connectivity index (χ3v) is 4.75. The average Bonchev–Trinajstić information content (AvgIpc) is 2.69. The zero-order chi connectivity index (χ0) is 16.6. The van der Waals surface area contributed by atoms with Crippen LogP contribution in [0.4, 0.5) is 0 Å². The van der Waals surface area contributed by atoms with Crippen LogP contribution in [0, 0.1) is 5.41 Å². The topological polar surface area (TPSA) is 63.6 Å². The van der Waals surface area contributed by atoms with Crippen LogP contribution in [0.1, 0.15) is 85.0 Å². The molecule has 1 saturated heterocycles. The normalized spacial score (nSPS) is 23.5. The van der Waals surface area contributed by atoms with Crippen molar-refractivity contribution in [3.05, 3.63) is 0 Å². The van der Waals surface area contributed by atoms with Crippen LogP contribution in [0.25, 0.3) is 0 Å². The van der Waals surface area contributed by atoms with Crippen molar-refractivity contribution in [1.29, 1.82) is 0 Å². The van der Waals surface area contributed by atoms with E-state index in [1.54, 1.807) is 13.8 Å². The molecule has 0 aromatic rings. The minimum Gasteiger partial charge on any atom is -0.462 e. The van der Waals surface area contributed by atoms with E-state index >= 15 is 0 Å². The fourth-order valence-electron chi connectivity index (χ4n) is 3.00. The summed E-state index contributed by atoms with van der Waals surface area (Å²) in [5.74, 6) is -1.17. The molecule has 4 heteroatoms. The number of ether oxygens (including phenoxy) is 1. The zero-order valence-electron chi connectivity index (χ0n) is 14.5. The number of rotatable bonds is 11. The van der Waals surface area contributed by atoms with Crippen molar-refractivity contribution in [3.63, 3.8) is 0 Å². The van der Waals surface area contributed by atoms with Crippen LogP contribution in [0.5, 0.6) is 0 Å². The van der Waals surface area contributed by atoms with Gasteiger partial charge in [0.2, 0.25) is 5.60 Å². The number of Topliss-reactive ketones (excluding diaryl/α,β-unsaturated/α-hetero) is 1. The summed E-state index contributed by atoms with van der Waals surface area (Å²) in [4.78, 5) is 24.0. The Morgan fingerprint density at radius 2 is 1.55 bits per heavy atom. The second-order valence-corrected chi connectivity index (χ2v) is 7.17. The monoisotopic (exact) mass is 312 g/mol. The average molecular weight is 312 g/mol. The summed E-state index contributed by atoms with van der Waals surface area (Å²) in [5.41, 5.74) is -2.78. The number of esters is 1. The lowest BCUT2D eigenvalue weighted by molar-refractivity contribution is -0.164. The third-order valence-electron chi connectivity index (χ3n) is 4.75. The van der Waals surface area contributed by atoms with Gasteiger partial charge < -0.3 is 9.84 Å². The molecule has 1 aliphatic rings. The number of unbranched alkanes of at least 4 members (excludes halogenated alkanes) is 8. The molecule has 0 spiro atoms. The molecule has 4 nitrogen and oxygen atoms in total. The van der Waals surface area contributed by atoms with Crippen molar-refractivity contribution in [1.82, 2.24) is 0 Å². The quantitative estimate of drug-likeness (QED) is 0.358. The maximum Gasteiger partial charge on any atom is 0.346 e. The van der Waals surface area contributed by atoms with Gasteiger partial charge in [-0.3, -0.25) is 4.79 Å². The van der Waals surface area contributed by atoms with Gasteiger partial charge in [0.05, 0.1) is 0 Å². The summed E-state index contributed by atoms with van der Waals surface area (Å²) < 4.78 is 4.89. The highest BCUT2D eigenvalue weighted by atomic mass is 16.6. The number of cyclic esters (lactones) is 1. The first-order valence-corrected chi connectivity index (χ1v) is 8.79. The van der Waals surface area contributed by atoms with Crippen LogP contribution in [0.2, 0.25) is 0 Å². The highest BCUT2D eigenvalue weighted by molar-refractivity contribution is 6.09. The highest BCUT2D eigenvalue weighted by Crippen LogP contribution is 2.39. The lowest BCUT2D eigenvalue weighted by atomic mass is 9.73. The third kappa shape index (κ3) is 4.55. The fraction of sp³-hybridized carbons (Fsp3) is 0.889. The fourth-order valence-corrected chi connectivity index (χ4v) is 3.00. The molecule has 1 heterocycles. The molecule has 0 saturated carbocycles. The van der Waals surface area contributed by atoms with Crippen LogP contribution in [0.15, 0.2) is 0 Å². The molecule has 0 radical (unpaired) electrons. The number of hydrogen-bond donors (Lipinski definition) is 1. The van der Waals surface area contributed by atoms with Crippen LogP contribution in [-0.2, 0) is 14.3 Å². The number of aliphatic hydroxyl groups is 1. The predicted molar refractivity (Wildman–Crippen MR) is 86.5 cm³/mol. The van der Waals surface area contributed by atoms with Crippen molar-refractivity contribution < 1.29 is 19.4 Å². The Kier molecular flexibility index (Phi) is 7.54. The summed E-state index contributed by atoms with van der Waals surface area (Å²) in [6.45, 7) is 5.72. The van der Waals surface area contributed by atoms with E-state index < -0.39 is 17.0 Å². The zero-order valence-corrected chi connectivity index (χ0v) is 14.5. The lowest BCUT2D eigenvalue weighted by Gasteiger charge is -2.29. The summed E-state index contributed by atoms with van der Waals surface area (Å²) in [7, 11) is 0. The second kappa shape index (κ2) is 8.66. The maximum absolute atomic E-state index is 12.2. The summed E-state index contributed by atoms with van der Waals surface area (Å²) >= 11 is 0. The Morgan fingerprint density at radius 1 is 1.05 bits per heavy atom. The highest BCUT2D eigenvalue weighted by Gasteiger charge is 2.61. The Morgan fingerprint density at radius 3 is 2.00 bits per heavy atom. The van der Waals surface area contributed by atoms with Crippen molar-refractivity contribution in [3.8, 4) is 0 Å². The number of carbonyl (C=O) groups is 2. The molecule has 0 aromatic heterocycles. The van der Waals surface area contributed by atoms with E-state index in [0.717, 1.165) is 19.3 Å². The van der Waals surface area contributed by atoms with Crippen molar-refractivity contribution in [2.45, 2.75) is 90.6 Å². The molecule has 1 rings (SSSR count). The Hall–Kier alpha value is -0.900. The van der Waals surface area contributed by atoms with E-state index in [1.807, 2.05) is 0 Å². The van der Waals surface area contributed by atoms with Crippen LogP contribution < -0.4 is 0 Å². The van der Waals surface area contributed by atoms with E-state index in [2.05, 4.69) is 6.92 Å². The number of ketones is 1. The lowest BCUT2D eigenvalue weighted by Crippen LogP contribution is -2.53. The van der Waals surface area contributed by atoms with Gasteiger partial charge in [0.25, 0.3) is 0 Å². The van der Waals surface area contributed by atoms with E-state index in [0.29, 0.717) is 0 Å². The molecule has 0 amide bonds. The van der Waals surface area contributed by atoms with Crippen molar-refractivity contribution in [2.24, 2.45) is 5.41 Å². The van der Waals surface area contributed by atoms with Gasteiger partial charge in [0, 0.05) is 11.8 Å². The van der Waals surface area contributed by atoms with Gasteiger partial charge in [-0.25, -0.2) is 4.79 Å². The Bertz CT molecular complexity index is 375. The number of carbonyl (C=O) groups excluding carboxylic acids is 2. The molecule has 0 aromatic carbocycles. The van der Waals surface area contributed by atoms with Gasteiger partial charge in [-0.1, -0.05) is 72.1 Å². The first kappa shape index (κ1) is 19.1. The standard InChI is InChI=1S/C18H32O4/c1-4-5-6-7-8-9-10-11-12-13-15(19)18(21)16(20)22-14-17(18,2)3/h21H,4-14H2,1-3H3. The van der Waals surface area contributed by atoms with Crippen LogP contribution in [0.3, 0.4) is 0 Å². The molecule has 128 valence electrons. The van der Waals surface area contributed by atoms with Gasteiger partial charge in [-0.15, -0.1) is 0 Å². The van der Waals surface area contributed by atoms with Gasteiger partial charge >= 0.3 is 5.97 Å². The SMILES string of the molecule is CCCCCCCCCCCC(=O)C1(O)C(=O)OCC1(C)C. The molecular weight excluding hydrogens is 280 g/mol. The van der Waals surface area contributed by atoms with Crippen LogP contribution in [-0.4, -0.2) is 29.1 Å². The van der Waals surface area contributed by atoms with Crippen molar-refractivity contribution in [2.75, 3.05) is 6.61 Å². The molecule has 0 bridgehead atoms. The van der Waals surface area contributed by atoms with E-state index in [9.17, 15) is 14.7 Å².